The zero-order valence-corrected chi connectivity index (χ0v) is 12.9. The van der Waals surface area contributed by atoms with Crippen LogP contribution in [0.15, 0.2) is 18.2 Å². The van der Waals surface area contributed by atoms with E-state index >= 15 is 0 Å². The van der Waals surface area contributed by atoms with E-state index in [0.717, 1.165) is 29.1 Å². The van der Waals surface area contributed by atoms with Gasteiger partial charge in [-0.05, 0) is 25.5 Å². The number of hydrogen-bond donors (Lipinski definition) is 1. The normalized spacial score (nSPS) is 10.4. The standard InChI is InChI=1S/C15H18ClN3O/c1-5-11-9(2)14(17-3)19-15(18-11)13-10(16)7-6-8-12(13)20-4/h6-8H,5H2,1-4H3,(H,17,18,19). The molecule has 0 radical (unpaired) electrons. The van der Waals surface area contributed by atoms with Crippen molar-refractivity contribution >= 4 is 17.4 Å². The molecule has 5 heteroatoms. The molecule has 106 valence electrons. The Kier molecular flexibility index (Phi) is 4.45. The average molecular weight is 292 g/mol. The molecular weight excluding hydrogens is 274 g/mol. The van der Waals surface area contributed by atoms with Gasteiger partial charge in [-0.25, -0.2) is 9.97 Å². The predicted octanol–water partition coefficient (Wildman–Crippen LogP) is 3.72. The second kappa shape index (κ2) is 6.09. The molecule has 0 unspecified atom stereocenters. The molecule has 0 saturated carbocycles. The maximum absolute atomic E-state index is 6.29. The molecule has 4 nitrogen and oxygen atoms in total. The Labute approximate surface area is 124 Å². The van der Waals surface area contributed by atoms with E-state index < -0.39 is 0 Å². The number of anilines is 1. The van der Waals surface area contributed by atoms with E-state index in [1.807, 2.05) is 32.2 Å². The summed E-state index contributed by atoms with van der Waals surface area (Å²) in [5.74, 6) is 2.07. The topological polar surface area (TPSA) is 47.0 Å². The van der Waals surface area contributed by atoms with E-state index in [4.69, 9.17) is 16.3 Å². The summed E-state index contributed by atoms with van der Waals surface area (Å²) in [5.41, 5.74) is 2.79. The van der Waals surface area contributed by atoms with Crippen molar-refractivity contribution in [3.8, 4) is 17.1 Å². The molecule has 1 N–H and O–H groups in total. The first kappa shape index (κ1) is 14.6. The third-order valence-electron chi connectivity index (χ3n) is 3.24. The van der Waals surface area contributed by atoms with Gasteiger partial charge in [0.15, 0.2) is 5.82 Å². The first-order valence-electron chi connectivity index (χ1n) is 6.50. The van der Waals surface area contributed by atoms with Gasteiger partial charge in [-0.2, -0.15) is 0 Å². The van der Waals surface area contributed by atoms with Gasteiger partial charge in [0.1, 0.15) is 11.6 Å². The lowest BCUT2D eigenvalue weighted by atomic mass is 10.1. The van der Waals surface area contributed by atoms with Crippen molar-refractivity contribution in [2.24, 2.45) is 0 Å². The van der Waals surface area contributed by atoms with E-state index in [1.165, 1.54) is 0 Å². The molecule has 2 aromatic rings. The van der Waals surface area contributed by atoms with Gasteiger partial charge < -0.3 is 10.1 Å². The van der Waals surface area contributed by atoms with Crippen LogP contribution in [0.2, 0.25) is 5.02 Å². The van der Waals surface area contributed by atoms with Gasteiger partial charge >= 0.3 is 0 Å². The SMILES string of the molecule is CCc1nc(-c2c(Cl)cccc2OC)nc(NC)c1C. The van der Waals surface area contributed by atoms with Crippen molar-refractivity contribution in [1.82, 2.24) is 9.97 Å². The van der Waals surface area contributed by atoms with Crippen molar-refractivity contribution in [2.75, 3.05) is 19.5 Å². The van der Waals surface area contributed by atoms with Crippen molar-refractivity contribution in [1.29, 1.82) is 0 Å². The fourth-order valence-electron chi connectivity index (χ4n) is 2.15. The van der Waals surface area contributed by atoms with Crippen LogP contribution >= 0.6 is 11.6 Å². The maximum atomic E-state index is 6.29. The first-order valence-corrected chi connectivity index (χ1v) is 6.88. The first-order chi connectivity index (χ1) is 9.62. The molecule has 1 heterocycles. The molecule has 0 atom stereocenters. The van der Waals surface area contributed by atoms with Crippen LogP contribution in [0.25, 0.3) is 11.4 Å². The lowest BCUT2D eigenvalue weighted by Gasteiger charge is -2.14. The van der Waals surface area contributed by atoms with Crippen LogP contribution in [-0.4, -0.2) is 24.1 Å². The molecule has 20 heavy (non-hydrogen) atoms. The molecule has 0 amide bonds. The third-order valence-corrected chi connectivity index (χ3v) is 3.55. The molecule has 2 rings (SSSR count). The lowest BCUT2D eigenvalue weighted by Crippen LogP contribution is -2.05. The van der Waals surface area contributed by atoms with E-state index in [9.17, 15) is 0 Å². The Morgan fingerprint density at radius 1 is 1.30 bits per heavy atom. The van der Waals surface area contributed by atoms with Gasteiger partial charge in [0.05, 0.1) is 17.7 Å². The van der Waals surface area contributed by atoms with Gasteiger partial charge in [-0.1, -0.05) is 24.6 Å². The van der Waals surface area contributed by atoms with Crippen molar-refractivity contribution < 1.29 is 4.74 Å². The highest BCUT2D eigenvalue weighted by Gasteiger charge is 2.16. The summed E-state index contributed by atoms with van der Waals surface area (Å²) >= 11 is 6.29. The Hall–Kier alpha value is -1.81. The van der Waals surface area contributed by atoms with E-state index in [0.29, 0.717) is 16.6 Å². The number of nitrogens with one attached hydrogen (secondary N) is 1. The van der Waals surface area contributed by atoms with Crippen LogP contribution in [0.3, 0.4) is 0 Å². The number of halogens is 1. The van der Waals surface area contributed by atoms with Gasteiger partial charge in [0.25, 0.3) is 0 Å². The van der Waals surface area contributed by atoms with Crippen LogP contribution < -0.4 is 10.1 Å². The van der Waals surface area contributed by atoms with Crippen LogP contribution in [0.1, 0.15) is 18.2 Å². The second-order valence-electron chi connectivity index (χ2n) is 4.39. The number of nitrogens with zero attached hydrogens (tertiary/aromatic N) is 2. The summed E-state index contributed by atoms with van der Waals surface area (Å²) in [4.78, 5) is 9.18. The fraction of sp³-hybridized carbons (Fsp3) is 0.333. The molecule has 0 aliphatic rings. The van der Waals surface area contributed by atoms with Gasteiger partial charge in [-0.3, -0.25) is 0 Å². The molecule has 1 aromatic carbocycles. The zero-order valence-electron chi connectivity index (χ0n) is 12.1. The smallest absolute Gasteiger partial charge is 0.167 e. The predicted molar refractivity (Wildman–Crippen MR) is 82.7 cm³/mol. The number of ether oxygens (including phenoxy) is 1. The van der Waals surface area contributed by atoms with Crippen LogP contribution in [0, 0.1) is 6.92 Å². The fourth-order valence-corrected chi connectivity index (χ4v) is 2.40. The maximum Gasteiger partial charge on any atom is 0.167 e. The van der Waals surface area contributed by atoms with Crippen LogP contribution in [0.4, 0.5) is 5.82 Å². The van der Waals surface area contributed by atoms with Gasteiger partial charge in [0.2, 0.25) is 0 Å². The Morgan fingerprint density at radius 3 is 2.65 bits per heavy atom. The third kappa shape index (κ3) is 2.56. The van der Waals surface area contributed by atoms with Gasteiger partial charge in [0, 0.05) is 18.3 Å². The van der Waals surface area contributed by atoms with E-state index in [2.05, 4.69) is 22.2 Å². The minimum absolute atomic E-state index is 0.581. The molecule has 0 bridgehead atoms. The lowest BCUT2D eigenvalue weighted by molar-refractivity contribution is 0.416. The monoisotopic (exact) mass is 291 g/mol. The molecular formula is C15H18ClN3O. The van der Waals surface area contributed by atoms with Crippen LogP contribution in [0.5, 0.6) is 5.75 Å². The summed E-state index contributed by atoms with van der Waals surface area (Å²) < 4.78 is 5.37. The molecule has 0 aliphatic heterocycles. The van der Waals surface area contributed by atoms with Crippen LogP contribution in [-0.2, 0) is 6.42 Å². The summed E-state index contributed by atoms with van der Waals surface area (Å²) in [6.07, 6.45) is 0.836. The number of hydrogen-bond acceptors (Lipinski definition) is 4. The number of aromatic nitrogens is 2. The summed E-state index contributed by atoms with van der Waals surface area (Å²) in [5, 5.41) is 3.68. The minimum atomic E-state index is 0.581. The Bertz CT molecular complexity index is 604. The number of rotatable bonds is 4. The highest BCUT2D eigenvalue weighted by molar-refractivity contribution is 6.33. The molecule has 0 spiro atoms. The van der Waals surface area contributed by atoms with Crippen molar-refractivity contribution in [3.63, 3.8) is 0 Å². The Morgan fingerprint density at radius 2 is 2.05 bits per heavy atom. The highest BCUT2D eigenvalue weighted by atomic mass is 35.5. The van der Waals surface area contributed by atoms with Gasteiger partial charge in [-0.15, -0.1) is 0 Å². The molecule has 1 aromatic heterocycles. The molecule has 0 aliphatic carbocycles. The van der Waals surface area contributed by atoms with Crippen molar-refractivity contribution in [2.45, 2.75) is 20.3 Å². The quantitative estimate of drug-likeness (QED) is 0.932. The number of aryl methyl sites for hydroxylation is 1. The Balaban J connectivity index is 2.70. The summed E-state index contributed by atoms with van der Waals surface area (Å²) in [6, 6.07) is 5.51. The number of methoxy groups -OCH3 is 1. The zero-order chi connectivity index (χ0) is 14.7. The average Bonchev–Trinajstić information content (AvgIpc) is 2.47. The summed E-state index contributed by atoms with van der Waals surface area (Å²) in [6.45, 7) is 4.08. The molecule has 0 saturated heterocycles. The van der Waals surface area contributed by atoms with Crippen molar-refractivity contribution in [3.05, 3.63) is 34.5 Å². The largest absolute Gasteiger partial charge is 0.496 e. The second-order valence-corrected chi connectivity index (χ2v) is 4.80. The van der Waals surface area contributed by atoms with E-state index in [1.54, 1.807) is 7.11 Å². The minimum Gasteiger partial charge on any atom is -0.496 e. The number of benzene rings is 1. The summed E-state index contributed by atoms with van der Waals surface area (Å²) in [7, 11) is 3.46. The van der Waals surface area contributed by atoms with E-state index in [-0.39, 0.29) is 0 Å². The highest BCUT2D eigenvalue weighted by Crippen LogP contribution is 2.35. The molecule has 0 fully saturated rings.